The molecule has 0 atom stereocenters. The van der Waals surface area contributed by atoms with Crippen molar-refractivity contribution >= 4 is 101 Å². The zero-order valence-electron chi connectivity index (χ0n) is 8.43. The minimum atomic E-state index is -5.17. The van der Waals surface area contributed by atoms with Gasteiger partial charge in [-0.05, 0) is 0 Å². The second kappa shape index (κ2) is 17.8. The first-order chi connectivity index (χ1) is 6.00. The molecule has 0 saturated heterocycles. The molecule has 0 amide bonds. The second-order valence-electron chi connectivity index (χ2n) is 1.22. The molecule has 19 heavy (non-hydrogen) atoms. The Morgan fingerprint density at radius 3 is 0.421 bits per heavy atom. The van der Waals surface area contributed by atoms with Gasteiger partial charge in [-0.1, -0.05) is 0 Å². The van der Waals surface area contributed by atoms with Gasteiger partial charge in [-0.15, -0.1) is 0 Å². The van der Waals surface area contributed by atoms with Gasteiger partial charge in [0.15, 0.2) is 0 Å². The SMILES string of the molecule is O=S(=O)([O-])[O-].O=S(=O)([O-])[O-].O=S(=O)([O-])[O-].[Al+3].[Al+3].[Al].[Al]. The van der Waals surface area contributed by atoms with Gasteiger partial charge in [0.05, 0.1) is 0 Å². The van der Waals surface area contributed by atoms with Crippen LogP contribution in [0.1, 0.15) is 0 Å². The first kappa shape index (κ1) is 42.8. The topological polar surface area (TPSA) is 241 Å². The van der Waals surface area contributed by atoms with Crippen LogP contribution in [-0.4, -0.2) is 122 Å². The predicted molar refractivity (Wildman–Crippen MR) is 54.4 cm³/mol. The van der Waals surface area contributed by atoms with Crippen molar-refractivity contribution in [3.63, 3.8) is 0 Å². The van der Waals surface area contributed by atoms with Crippen LogP contribution in [0.2, 0.25) is 0 Å². The Balaban J connectivity index is -0.0000000206. The van der Waals surface area contributed by atoms with Gasteiger partial charge in [0, 0.05) is 65.9 Å². The van der Waals surface area contributed by atoms with Crippen LogP contribution in [0.15, 0.2) is 0 Å². The molecule has 0 aromatic rings. The Hall–Kier alpha value is 1.74. The Bertz CT molecular complexity index is 346. The van der Waals surface area contributed by atoms with Gasteiger partial charge in [-0.2, -0.15) is 0 Å². The fourth-order valence-corrected chi connectivity index (χ4v) is 0. The normalized spacial score (nSPS) is 9.16. The Morgan fingerprint density at radius 1 is 0.421 bits per heavy atom. The van der Waals surface area contributed by atoms with Crippen LogP contribution in [0.3, 0.4) is 0 Å². The second-order valence-corrected chi connectivity index (χ2v) is 3.67. The fraction of sp³-hybridized carbons (Fsp3) is 0. The van der Waals surface area contributed by atoms with Crippen molar-refractivity contribution in [3.05, 3.63) is 0 Å². The molecule has 0 aliphatic carbocycles. The molecule has 102 valence electrons. The summed E-state index contributed by atoms with van der Waals surface area (Å²) in [5, 5.41) is 0. The van der Waals surface area contributed by atoms with Crippen molar-refractivity contribution in [1.29, 1.82) is 0 Å². The predicted octanol–water partition coefficient (Wildman–Crippen LogP) is -5.54. The fourth-order valence-electron chi connectivity index (χ4n) is 0. The molecule has 12 nitrogen and oxygen atoms in total. The van der Waals surface area contributed by atoms with Crippen LogP contribution < -0.4 is 0 Å². The molecule has 0 spiro atoms. The zero-order chi connectivity index (χ0) is 13.5. The summed E-state index contributed by atoms with van der Waals surface area (Å²) in [6, 6.07) is 0. The molecule has 19 heteroatoms. The molecule has 0 unspecified atom stereocenters. The smallest absolute Gasteiger partial charge is 0.759 e. The maximum Gasteiger partial charge on any atom is 3.00 e. The van der Waals surface area contributed by atoms with Gasteiger partial charge in [-0.25, -0.2) is 0 Å². The maximum absolute atomic E-state index is 8.52. The molecule has 0 saturated carbocycles. The molecule has 0 aromatic heterocycles. The van der Waals surface area contributed by atoms with E-state index in [0.717, 1.165) is 0 Å². The Kier molecular flexibility index (Phi) is 40.1. The largest absolute Gasteiger partial charge is 3.00 e. The Morgan fingerprint density at radius 2 is 0.421 bits per heavy atom. The summed E-state index contributed by atoms with van der Waals surface area (Å²) >= 11 is 0. The van der Waals surface area contributed by atoms with E-state index in [1.54, 1.807) is 0 Å². The van der Waals surface area contributed by atoms with Gasteiger partial charge >= 0.3 is 34.7 Å². The quantitative estimate of drug-likeness (QED) is 0.211. The van der Waals surface area contributed by atoms with E-state index >= 15 is 0 Å². The molecule has 0 bridgehead atoms. The maximum atomic E-state index is 8.52. The average molecular weight is 396 g/mol. The van der Waals surface area contributed by atoms with Crippen LogP contribution in [0.5, 0.6) is 0 Å². The van der Waals surface area contributed by atoms with Crippen LogP contribution in [0, 0.1) is 0 Å². The van der Waals surface area contributed by atoms with E-state index in [0.29, 0.717) is 0 Å². The minimum Gasteiger partial charge on any atom is -0.759 e. The van der Waals surface area contributed by atoms with E-state index in [-0.39, 0.29) is 69.4 Å². The molecule has 0 fully saturated rings. The summed E-state index contributed by atoms with van der Waals surface area (Å²) < 4.78 is 102. The third-order valence-electron chi connectivity index (χ3n) is 0. The molecule has 0 rings (SSSR count). The van der Waals surface area contributed by atoms with Crippen molar-refractivity contribution in [1.82, 2.24) is 0 Å². The van der Waals surface area contributed by atoms with Gasteiger partial charge in [0.1, 0.15) is 0 Å². The van der Waals surface area contributed by atoms with Crippen LogP contribution in [-0.2, 0) is 31.2 Å². The zero-order valence-corrected chi connectivity index (χ0v) is 15.5. The van der Waals surface area contributed by atoms with Gasteiger partial charge in [0.2, 0.25) is 0 Å². The van der Waals surface area contributed by atoms with Crippen molar-refractivity contribution in [2.24, 2.45) is 0 Å². The molecule has 0 heterocycles. The molecular formula is Al4O12S3. The standard InChI is InChI=1S/4Al.3H2O4S/c;;;;3*1-5(2,3)4/h;;;;3*(H2,1,2,3,4)/q;;2*+3;;;/p-6. The van der Waals surface area contributed by atoms with E-state index < -0.39 is 31.2 Å². The van der Waals surface area contributed by atoms with Crippen molar-refractivity contribution in [3.8, 4) is 0 Å². The molecule has 0 aromatic carbocycles. The summed E-state index contributed by atoms with van der Waals surface area (Å²) in [5.74, 6) is 0. The first-order valence-corrected chi connectivity index (χ1v) is 6.00. The number of rotatable bonds is 0. The molecule has 6 radical (unpaired) electrons. The van der Waals surface area contributed by atoms with E-state index in [9.17, 15) is 0 Å². The molecule has 0 aliphatic heterocycles. The Labute approximate surface area is 152 Å². The van der Waals surface area contributed by atoms with Crippen molar-refractivity contribution in [2.45, 2.75) is 0 Å². The average Bonchev–Trinajstić information content (AvgIpc) is 1.41. The van der Waals surface area contributed by atoms with Crippen molar-refractivity contribution in [2.75, 3.05) is 0 Å². The minimum absolute atomic E-state index is 0. The third-order valence-corrected chi connectivity index (χ3v) is 0. The number of hydrogen-bond donors (Lipinski definition) is 0. The van der Waals surface area contributed by atoms with E-state index in [2.05, 4.69) is 0 Å². The first-order valence-electron chi connectivity index (χ1n) is 2.00. The van der Waals surface area contributed by atoms with Gasteiger partial charge in [0.25, 0.3) is 0 Å². The van der Waals surface area contributed by atoms with Gasteiger partial charge in [-0.3, -0.25) is 25.3 Å². The van der Waals surface area contributed by atoms with Crippen LogP contribution in [0.25, 0.3) is 0 Å². The summed E-state index contributed by atoms with van der Waals surface area (Å²) in [7, 11) is -15.5. The summed E-state index contributed by atoms with van der Waals surface area (Å²) in [6.07, 6.45) is 0. The van der Waals surface area contributed by atoms with E-state index in [1.807, 2.05) is 0 Å². The third kappa shape index (κ3) is 2050. The van der Waals surface area contributed by atoms with Crippen LogP contribution >= 0.6 is 0 Å². The molecule has 0 aliphatic rings. The monoisotopic (exact) mass is 396 g/mol. The number of hydrogen-bond acceptors (Lipinski definition) is 12. The molecule has 0 N–H and O–H groups in total. The summed E-state index contributed by atoms with van der Waals surface area (Å²) in [5.41, 5.74) is 0. The summed E-state index contributed by atoms with van der Waals surface area (Å²) in [4.78, 5) is 0. The van der Waals surface area contributed by atoms with Crippen LogP contribution in [0.4, 0.5) is 0 Å². The van der Waals surface area contributed by atoms with Crippen molar-refractivity contribution < 1.29 is 52.6 Å². The van der Waals surface area contributed by atoms with E-state index in [1.165, 1.54) is 0 Å². The van der Waals surface area contributed by atoms with E-state index in [4.69, 9.17) is 52.6 Å². The summed E-state index contributed by atoms with van der Waals surface area (Å²) in [6.45, 7) is 0. The molecular weight excluding hydrogens is 396 g/mol. The van der Waals surface area contributed by atoms with Gasteiger partial charge < -0.3 is 27.3 Å².